The fourth-order valence-electron chi connectivity index (χ4n) is 4.75. The van der Waals surface area contributed by atoms with Crippen LogP contribution in [0.2, 0.25) is 5.02 Å². The molecule has 0 radical (unpaired) electrons. The zero-order chi connectivity index (χ0) is 24.5. The molecule has 0 bridgehead atoms. The average molecular weight is 490 g/mol. The Morgan fingerprint density at radius 1 is 1.09 bits per heavy atom. The zero-order valence-electron chi connectivity index (χ0n) is 19.8. The standard InChI is InChI=1S/C26H28ClN7O/c1-3-30-26-31-13-17-10-21(25(35)34(24(17)33-26)19-7-5-18(28)6-8-19)20-9-4-16(11-22(20)27)23-14-29-12-15(2)32-23/h4,9-14,18-19H,3,5-8,28H2,1-2H3,(H,30,31,33). The highest BCUT2D eigenvalue weighted by atomic mass is 35.5. The number of nitrogens with zero attached hydrogens (tertiary/aromatic N) is 5. The van der Waals surface area contributed by atoms with Gasteiger partial charge < -0.3 is 11.1 Å². The van der Waals surface area contributed by atoms with Crippen LogP contribution in [0.15, 0.2) is 47.7 Å². The van der Waals surface area contributed by atoms with Crippen LogP contribution in [0.3, 0.4) is 0 Å². The maximum Gasteiger partial charge on any atom is 0.260 e. The summed E-state index contributed by atoms with van der Waals surface area (Å²) < 4.78 is 1.83. The first-order chi connectivity index (χ1) is 16.9. The fraction of sp³-hybridized carbons (Fsp3) is 0.346. The third kappa shape index (κ3) is 4.63. The van der Waals surface area contributed by atoms with Crippen molar-refractivity contribution in [3.05, 3.63) is 63.9 Å². The number of fused-ring (bicyclic) bond motifs is 1. The smallest absolute Gasteiger partial charge is 0.260 e. The fourth-order valence-corrected chi connectivity index (χ4v) is 5.03. The molecule has 3 N–H and O–H groups in total. The predicted octanol–water partition coefficient (Wildman–Crippen LogP) is 4.75. The van der Waals surface area contributed by atoms with E-state index in [1.54, 1.807) is 18.6 Å². The van der Waals surface area contributed by atoms with Gasteiger partial charge in [-0.15, -0.1) is 0 Å². The first kappa shape index (κ1) is 23.4. The van der Waals surface area contributed by atoms with Crippen LogP contribution >= 0.6 is 11.6 Å². The molecule has 0 unspecified atom stereocenters. The number of hydrogen-bond acceptors (Lipinski definition) is 7. The Hall–Kier alpha value is -3.36. The predicted molar refractivity (Wildman–Crippen MR) is 140 cm³/mol. The van der Waals surface area contributed by atoms with Gasteiger partial charge in [0.05, 0.1) is 17.6 Å². The molecule has 5 rings (SSSR count). The van der Waals surface area contributed by atoms with Crippen LogP contribution in [-0.4, -0.2) is 37.1 Å². The summed E-state index contributed by atoms with van der Waals surface area (Å²) in [6.45, 7) is 4.57. The topological polar surface area (TPSA) is 112 Å². The molecule has 3 heterocycles. The van der Waals surface area contributed by atoms with E-state index >= 15 is 0 Å². The number of halogens is 1. The molecule has 0 amide bonds. The molecular weight excluding hydrogens is 462 g/mol. The van der Waals surface area contributed by atoms with E-state index in [9.17, 15) is 4.79 Å². The summed E-state index contributed by atoms with van der Waals surface area (Å²) in [4.78, 5) is 31.8. The number of pyridine rings is 1. The number of nitrogens with two attached hydrogens (primary N) is 1. The van der Waals surface area contributed by atoms with E-state index in [0.29, 0.717) is 34.3 Å². The lowest BCUT2D eigenvalue weighted by Crippen LogP contribution is -2.33. The van der Waals surface area contributed by atoms with Crippen molar-refractivity contribution in [2.24, 2.45) is 5.73 Å². The van der Waals surface area contributed by atoms with Crippen LogP contribution in [0.25, 0.3) is 33.4 Å². The molecule has 1 aromatic carbocycles. The van der Waals surface area contributed by atoms with Crippen molar-refractivity contribution in [2.45, 2.75) is 51.6 Å². The number of hydrogen-bond donors (Lipinski definition) is 2. The second-order valence-corrected chi connectivity index (χ2v) is 9.45. The van der Waals surface area contributed by atoms with Gasteiger partial charge in [0, 0.05) is 58.1 Å². The lowest BCUT2D eigenvalue weighted by atomic mass is 9.91. The first-order valence-corrected chi connectivity index (χ1v) is 12.3. The molecule has 8 nitrogen and oxygen atoms in total. The zero-order valence-corrected chi connectivity index (χ0v) is 20.6. The van der Waals surface area contributed by atoms with Crippen LogP contribution in [-0.2, 0) is 0 Å². The maximum absolute atomic E-state index is 14.0. The minimum Gasteiger partial charge on any atom is -0.354 e. The average Bonchev–Trinajstić information content (AvgIpc) is 2.85. The van der Waals surface area contributed by atoms with Gasteiger partial charge in [0.2, 0.25) is 5.95 Å². The molecule has 180 valence electrons. The van der Waals surface area contributed by atoms with Crippen LogP contribution in [0, 0.1) is 6.92 Å². The van der Waals surface area contributed by atoms with Crippen LogP contribution < -0.4 is 16.6 Å². The van der Waals surface area contributed by atoms with Crippen molar-refractivity contribution in [1.29, 1.82) is 0 Å². The number of benzene rings is 1. The quantitative estimate of drug-likeness (QED) is 0.416. The molecule has 0 saturated heterocycles. The van der Waals surface area contributed by atoms with Crippen molar-refractivity contribution in [3.8, 4) is 22.4 Å². The van der Waals surface area contributed by atoms with Gasteiger partial charge in [0.25, 0.3) is 5.56 Å². The lowest BCUT2D eigenvalue weighted by Gasteiger charge is -2.29. The highest BCUT2D eigenvalue weighted by Crippen LogP contribution is 2.34. The van der Waals surface area contributed by atoms with E-state index in [0.717, 1.165) is 48.0 Å². The minimum atomic E-state index is -0.107. The summed E-state index contributed by atoms with van der Waals surface area (Å²) in [7, 11) is 0. The molecule has 4 aromatic rings. The molecule has 1 aliphatic carbocycles. The summed E-state index contributed by atoms with van der Waals surface area (Å²) in [5.41, 5.74) is 10.3. The Morgan fingerprint density at radius 3 is 2.60 bits per heavy atom. The summed E-state index contributed by atoms with van der Waals surface area (Å²) >= 11 is 6.75. The van der Waals surface area contributed by atoms with E-state index in [1.165, 1.54) is 0 Å². The number of nitrogens with one attached hydrogen (secondary N) is 1. The van der Waals surface area contributed by atoms with E-state index in [-0.39, 0.29) is 17.6 Å². The number of anilines is 1. The van der Waals surface area contributed by atoms with Gasteiger partial charge in [-0.3, -0.25) is 14.3 Å². The van der Waals surface area contributed by atoms with Gasteiger partial charge in [0.15, 0.2) is 0 Å². The highest BCUT2D eigenvalue weighted by Gasteiger charge is 2.25. The molecule has 0 atom stereocenters. The molecule has 0 aliphatic heterocycles. The molecule has 3 aromatic heterocycles. The van der Waals surface area contributed by atoms with Crippen molar-refractivity contribution in [3.63, 3.8) is 0 Å². The van der Waals surface area contributed by atoms with Crippen LogP contribution in [0.5, 0.6) is 0 Å². The number of rotatable bonds is 5. The van der Waals surface area contributed by atoms with Crippen molar-refractivity contribution in [1.82, 2.24) is 24.5 Å². The largest absolute Gasteiger partial charge is 0.354 e. The molecule has 35 heavy (non-hydrogen) atoms. The SMILES string of the molecule is CCNc1ncc2cc(-c3ccc(-c4cncc(C)n4)cc3Cl)c(=O)n(C3CCC(N)CC3)c2n1. The Balaban J connectivity index is 1.66. The van der Waals surface area contributed by atoms with Crippen molar-refractivity contribution >= 4 is 28.6 Å². The van der Waals surface area contributed by atoms with Gasteiger partial charge in [-0.05, 0) is 51.7 Å². The second-order valence-electron chi connectivity index (χ2n) is 9.04. The van der Waals surface area contributed by atoms with Crippen molar-refractivity contribution in [2.75, 3.05) is 11.9 Å². The van der Waals surface area contributed by atoms with E-state index in [2.05, 4.69) is 20.3 Å². The molecule has 1 saturated carbocycles. The maximum atomic E-state index is 14.0. The van der Waals surface area contributed by atoms with Gasteiger partial charge in [-0.2, -0.15) is 4.98 Å². The molecule has 0 spiro atoms. The Kier molecular flexibility index (Phi) is 6.49. The molecule has 1 aliphatic rings. The van der Waals surface area contributed by atoms with Gasteiger partial charge in [-0.25, -0.2) is 9.97 Å². The molecule has 9 heteroatoms. The lowest BCUT2D eigenvalue weighted by molar-refractivity contribution is 0.324. The third-order valence-electron chi connectivity index (χ3n) is 6.52. The Labute approximate surface area is 208 Å². The Morgan fingerprint density at radius 2 is 1.89 bits per heavy atom. The molecular formula is C26H28ClN7O. The first-order valence-electron chi connectivity index (χ1n) is 11.9. The number of aryl methyl sites for hydroxylation is 1. The van der Waals surface area contributed by atoms with Crippen LogP contribution in [0.4, 0.5) is 5.95 Å². The summed E-state index contributed by atoms with van der Waals surface area (Å²) in [5.74, 6) is 0.509. The summed E-state index contributed by atoms with van der Waals surface area (Å²) in [6.07, 6.45) is 8.59. The second kappa shape index (κ2) is 9.71. The van der Waals surface area contributed by atoms with E-state index in [1.807, 2.05) is 42.7 Å². The normalized spacial score (nSPS) is 18.1. The van der Waals surface area contributed by atoms with Crippen molar-refractivity contribution < 1.29 is 0 Å². The van der Waals surface area contributed by atoms with E-state index < -0.39 is 0 Å². The van der Waals surface area contributed by atoms with Crippen LogP contribution in [0.1, 0.15) is 44.3 Å². The van der Waals surface area contributed by atoms with Gasteiger partial charge >= 0.3 is 0 Å². The minimum absolute atomic E-state index is 0.0229. The Bertz CT molecular complexity index is 1440. The van der Waals surface area contributed by atoms with Gasteiger partial charge in [0.1, 0.15) is 5.65 Å². The van der Waals surface area contributed by atoms with Gasteiger partial charge in [-0.1, -0.05) is 23.7 Å². The molecule has 1 fully saturated rings. The summed E-state index contributed by atoms with van der Waals surface area (Å²) in [5, 5.41) is 4.42. The third-order valence-corrected chi connectivity index (χ3v) is 6.84. The number of aromatic nitrogens is 5. The summed E-state index contributed by atoms with van der Waals surface area (Å²) in [6, 6.07) is 7.66. The highest BCUT2D eigenvalue weighted by molar-refractivity contribution is 6.33. The van der Waals surface area contributed by atoms with E-state index in [4.69, 9.17) is 22.3 Å². The monoisotopic (exact) mass is 489 g/mol.